The molecule has 0 fully saturated rings. The van der Waals surface area contributed by atoms with Crippen LogP contribution in [0.15, 0.2) is 44.5 Å². The molecule has 2 N–H and O–H groups in total. The monoisotopic (exact) mass is 331 g/mol. The zero-order chi connectivity index (χ0) is 16.4. The molecule has 5 nitrogen and oxygen atoms in total. The zero-order valence-electron chi connectivity index (χ0n) is 12.7. The number of aromatic hydroxyl groups is 2. The van der Waals surface area contributed by atoms with E-state index in [0.29, 0.717) is 24.4 Å². The average Bonchev–Trinajstić information content (AvgIpc) is 2.72. The molecule has 1 atom stereocenters. The molecule has 23 heavy (non-hydrogen) atoms. The molecule has 0 radical (unpaired) electrons. The molecule has 0 amide bonds. The number of aryl methyl sites for hydroxylation is 1. The summed E-state index contributed by atoms with van der Waals surface area (Å²) in [5, 5.41) is 19.9. The molecule has 0 saturated heterocycles. The summed E-state index contributed by atoms with van der Waals surface area (Å²) in [6, 6.07) is 8.52. The molecule has 2 aromatic rings. The molecule has 0 saturated carbocycles. The zero-order valence-corrected chi connectivity index (χ0v) is 13.5. The molecule has 1 aromatic carbocycles. The van der Waals surface area contributed by atoms with Crippen LogP contribution >= 0.6 is 11.8 Å². The van der Waals surface area contributed by atoms with Gasteiger partial charge in [0.05, 0.1) is 5.71 Å². The molecule has 1 aliphatic rings. The van der Waals surface area contributed by atoms with Crippen molar-refractivity contribution < 1.29 is 14.6 Å². The van der Waals surface area contributed by atoms with Crippen molar-refractivity contribution in [3.63, 3.8) is 0 Å². The van der Waals surface area contributed by atoms with Crippen molar-refractivity contribution in [1.29, 1.82) is 0 Å². The summed E-state index contributed by atoms with van der Waals surface area (Å²) in [5.41, 5.74) is 1.10. The summed E-state index contributed by atoms with van der Waals surface area (Å²) >= 11 is 1.72. The maximum atomic E-state index is 12.1. The second kappa shape index (κ2) is 6.50. The number of thioether (sulfide) groups is 1. The number of benzene rings is 1. The van der Waals surface area contributed by atoms with Crippen LogP contribution in [-0.2, 0) is 0 Å². The highest BCUT2D eigenvalue weighted by Crippen LogP contribution is 2.36. The second-order valence-corrected chi connectivity index (χ2v) is 6.70. The molecule has 1 aromatic heterocycles. The third kappa shape index (κ3) is 3.42. The van der Waals surface area contributed by atoms with E-state index in [0.717, 1.165) is 11.3 Å². The summed E-state index contributed by atoms with van der Waals surface area (Å²) in [4.78, 5) is 16.6. The number of phenols is 1. The van der Waals surface area contributed by atoms with Crippen molar-refractivity contribution in [2.45, 2.75) is 18.6 Å². The lowest BCUT2D eigenvalue weighted by Gasteiger charge is -2.16. The molecule has 120 valence electrons. The third-order valence-corrected chi connectivity index (χ3v) is 4.94. The van der Waals surface area contributed by atoms with E-state index in [-0.39, 0.29) is 22.3 Å². The molecule has 2 heterocycles. The van der Waals surface area contributed by atoms with Gasteiger partial charge in [-0.05, 0) is 24.6 Å². The van der Waals surface area contributed by atoms with Gasteiger partial charge in [0.1, 0.15) is 22.8 Å². The predicted molar refractivity (Wildman–Crippen MR) is 90.7 cm³/mol. The van der Waals surface area contributed by atoms with Gasteiger partial charge in [-0.1, -0.05) is 12.1 Å². The van der Waals surface area contributed by atoms with Crippen LogP contribution in [0.2, 0.25) is 0 Å². The fourth-order valence-corrected chi connectivity index (χ4v) is 3.75. The maximum absolute atomic E-state index is 12.1. The summed E-state index contributed by atoms with van der Waals surface area (Å²) in [6.45, 7) is 2.19. The minimum Gasteiger partial charge on any atom is -0.508 e. The Hall–Kier alpha value is -2.21. The molecule has 6 heteroatoms. The van der Waals surface area contributed by atoms with Crippen molar-refractivity contribution in [1.82, 2.24) is 0 Å². The van der Waals surface area contributed by atoms with E-state index in [9.17, 15) is 15.0 Å². The molecule has 0 bridgehead atoms. The van der Waals surface area contributed by atoms with E-state index in [2.05, 4.69) is 4.99 Å². The topological polar surface area (TPSA) is 83.0 Å². The molecule has 1 aliphatic heterocycles. The van der Waals surface area contributed by atoms with Gasteiger partial charge < -0.3 is 14.6 Å². The van der Waals surface area contributed by atoms with E-state index < -0.39 is 5.63 Å². The number of phenolic OH excluding ortho intramolecular Hbond substituents is 1. The van der Waals surface area contributed by atoms with Gasteiger partial charge in [0.2, 0.25) is 0 Å². The van der Waals surface area contributed by atoms with Crippen LogP contribution in [0.1, 0.15) is 28.6 Å². The van der Waals surface area contributed by atoms with Crippen molar-refractivity contribution >= 4 is 17.5 Å². The van der Waals surface area contributed by atoms with Crippen LogP contribution in [0.4, 0.5) is 0 Å². The Morgan fingerprint density at radius 3 is 2.87 bits per heavy atom. The predicted octanol–water partition coefficient (Wildman–Crippen LogP) is 3.03. The van der Waals surface area contributed by atoms with Crippen LogP contribution in [0.3, 0.4) is 0 Å². The first kappa shape index (κ1) is 15.7. The van der Waals surface area contributed by atoms with Gasteiger partial charge in [0, 0.05) is 30.0 Å². The van der Waals surface area contributed by atoms with Crippen molar-refractivity contribution in [3.8, 4) is 11.5 Å². The van der Waals surface area contributed by atoms with E-state index in [4.69, 9.17) is 4.42 Å². The van der Waals surface area contributed by atoms with E-state index in [1.807, 2.05) is 6.07 Å². The second-order valence-electron chi connectivity index (χ2n) is 5.39. The summed E-state index contributed by atoms with van der Waals surface area (Å²) in [7, 11) is 0. The Morgan fingerprint density at radius 2 is 2.13 bits per heavy atom. The quantitative estimate of drug-likeness (QED) is 0.884. The Labute approximate surface area is 137 Å². The van der Waals surface area contributed by atoms with Gasteiger partial charge in [-0.3, -0.25) is 4.99 Å². The fraction of sp³-hybridized carbons (Fsp3) is 0.294. The Balaban J connectivity index is 1.97. The molecule has 0 aliphatic carbocycles. The number of nitrogens with zero attached hydrogens (tertiary/aromatic N) is 1. The highest BCUT2D eigenvalue weighted by Gasteiger charge is 2.24. The van der Waals surface area contributed by atoms with Crippen molar-refractivity contribution in [2.75, 3.05) is 12.3 Å². The normalized spacial score (nSPS) is 18.3. The summed E-state index contributed by atoms with van der Waals surface area (Å²) in [5.74, 6) is 1.29. The molecular formula is C17H17NO4S. The van der Waals surface area contributed by atoms with Gasteiger partial charge in [-0.2, -0.15) is 11.8 Å². The minimum absolute atomic E-state index is 0.0588. The number of hydrogen-bond donors (Lipinski definition) is 2. The van der Waals surface area contributed by atoms with Crippen molar-refractivity contribution in [3.05, 3.63) is 57.6 Å². The Bertz CT molecular complexity index is 812. The number of aliphatic imine (C=N–C) groups is 1. The lowest BCUT2D eigenvalue weighted by atomic mass is 10.0. The lowest BCUT2D eigenvalue weighted by molar-refractivity contribution is 0.432. The number of rotatable bonds is 2. The van der Waals surface area contributed by atoms with Gasteiger partial charge in [0.15, 0.2) is 0 Å². The van der Waals surface area contributed by atoms with Crippen LogP contribution in [0.25, 0.3) is 0 Å². The molecule has 3 rings (SSSR count). The summed E-state index contributed by atoms with van der Waals surface area (Å²) < 4.78 is 5.10. The van der Waals surface area contributed by atoms with Gasteiger partial charge in [-0.25, -0.2) is 4.79 Å². The molecule has 0 spiro atoms. The Morgan fingerprint density at radius 1 is 1.30 bits per heavy atom. The van der Waals surface area contributed by atoms with Crippen molar-refractivity contribution in [2.24, 2.45) is 4.99 Å². The van der Waals surface area contributed by atoms with E-state index in [1.165, 1.54) is 6.07 Å². The Kier molecular flexibility index (Phi) is 4.43. The van der Waals surface area contributed by atoms with Crippen LogP contribution in [0.5, 0.6) is 11.5 Å². The lowest BCUT2D eigenvalue weighted by Crippen LogP contribution is -2.17. The van der Waals surface area contributed by atoms with Gasteiger partial charge in [0.25, 0.3) is 0 Å². The average molecular weight is 331 g/mol. The standard InChI is InChI=1S/C17H17NO4S/c1-10-7-14(20)16(17(21)22-10)13-9-15(23-6-5-18-13)11-3-2-4-12(19)8-11/h2-4,7-8,15,19-20H,5-6,9H2,1H3/t15-/m0/s1. The largest absolute Gasteiger partial charge is 0.508 e. The first-order chi connectivity index (χ1) is 11.0. The maximum Gasteiger partial charge on any atom is 0.348 e. The minimum atomic E-state index is -0.567. The van der Waals surface area contributed by atoms with E-state index in [1.54, 1.807) is 36.9 Å². The van der Waals surface area contributed by atoms with Crippen LogP contribution in [-0.4, -0.2) is 28.2 Å². The van der Waals surface area contributed by atoms with Gasteiger partial charge >= 0.3 is 5.63 Å². The summed E-state index contributed by atoms with van der Waals surface area (Å²) in [6.07, 6.45) is 0.496. The smallest absolute Gasteiger partial charge is 0.348 e. The van der Waals surface area contributed by atoms with Gasteiger partial charge in [-0.15, -0.1) is 0 Å². The number of hydrogen-bond acceptors (Lipinski definition) is 6. The van der Waals surface area contributed by atoms with E-state index >= 15 is 0 Å². The highest BCUT2D eigenvalue weighted by molar-refractivity contribution is 7.99. The first-order valence-corrected chi connectivity index (χ1v) is 8.37. The highest BCUT2D eigenvalue weighted by atomic mass is 32.2. The SMILES string of the molecule is Cc1cc(O)c(C2=NCCS[C@H](c3cccc(O)c3)C2)c(=O)o1. The first-order valence-electron chi connectivity index (χ1n) is 7.32. The molecule has 0 unspecified atom stereocenters. The van der Waals surface area contributed by atoms with Crippen LogP contribution < -0.4 is 5.63 Å². The van der Waals surface area contributed by atoms with Crippen LogP contribution in [0, 0.1) is 6.92 Å². The fourth-order valence-electron chi connectivity index (χ4n) is 2.66. The molecular weight excluding hydrogens is 314 g/mol. The third-order valence-electron chi connectivity index (χ3n) is 3.68.